The molecule has 5 nitrogen and oxygen atoms in total. The highest BCUT2D eigenvalue weighted by atomic mass is 16.2. The zero-order valence-electron chi connectivity index (χ0n) is 18.1. The first-order valence-corrected chi connectivity index (χ1v) is 10.8. The Bertz CT molecular complexity index is 840. The summed E-state index contributed by atoms with van der Waals surface area (Å²) in [5, 5.41) is 3.02. The molecule has 30 heavy (non-hydrogen) atoms. The molecule has 2 amide bonds. The first kappa shape index (κ1) is 22.0. The third-order valence-corrected chi connectivity index (χ3v) is 5.80. The van der Waals surface area contributed by atoms with Crippen molar-refractivity contribution in [3.8, 4) is 0 Å². The van der Waals surface area contributed by atoms with E-state index in [1.807, 2.05) is 59.5 Å². The number of anilines is 1. The molecule has 0 atom stereocenters. The van der Waals surface area contributed by atoms with Gasteiger partial charge < -0.3 is 16.0 Å². The van der Waals surface area contributed by atoms with Crippen molar-refractivity contribution in [1.82, 2.24) is 4.90 Å². The van der Waals surface area contributed by atoms with Gasteiger partial charge in [0.25, 0.3) is 5.91 Å². The maximum atomic E-state index is 13.1. The number of carbonyl (C=O) groups excluding carboxylic acids is 2. The predicted octanol–water partition coefficient (Wildman–Crippen LogP) is 4.44. The van der Waals surface area contributed by atoms with E-state index in [4.69, 9.17) is 5.73 Å². The Kier molecular flexibility index (Phi) is 7.27. The summed E-state index contributed by atoms with van der Waals surface area (Å²) < 4.78 is 0. The van der Waals surface area contributed by atoms with E-state index in [-0.39, 0.29) is 23.1 Å². The van der Waals surface area contributed by atoms with Crippen molar-refractivity contribution in [3.05, 3.63) is 65.7 Å². The number of nitrogens with zero attached hydrogens (tertiary/aromatic N) is 1. The third-order valence-electron chi connectivity index (χ3n) is 5.80. The van der Waals surface area contributed by atoms with E-state index in [0.717, 1.165) is 36.9 Å². The lowest BCUT2D eigenvalue weighted by atomic mass is 9.92. The molecule has 1 saturated carbocycles. The Morgan fingerprint density at radius 2 is 1.67 bits per heavy atom. The van der Waals surface area contributed by atoms with E-state index in [1.165, 1.54) is 0 Å². The van der Waals surface area contributed by atoms with Crippen LogP contribution in [0.4, 0.5) is 5.69 Å². The molecule has 0 radical (unpaired) electrons. The molecule has 1 aliphatic rings. The summed E-state index contributed by atoms with van der Waals surface area (Å²) in [7, 11) is 0. The van der Waals surface area contributed by atoms with Crippen LogP contribution in [0.2, 0.25) is 0 Å². The number of nitrogens with one attached hydrogen (secondary N) is 1. The van der Waals surface area contributed by atoms with E-state index in [0.29, 0.717) is 25.2 Å². The largest absolute Gasteiger partial charge is 0.334 e. The van der Waals surface area contributed by atoms with Crippen LogP contribution in [0.3, 0.4) is 0 Å². The van der Waals surface area contributed by atoms with E-state index < -0.39 is 0 Å². The summed E-state index contributed by atoms with van der Waals surface area (Å²) >= 11 is 0. The van der Waals surface area contributed by atoms with Gasteiger partial charge in [-0.3, -0.25) is 9.59 Å². The summed E-state index contributed by atoms with van der Waals surface area (Å²) in [5.41, 5.74) is 8.24. The average Bonchev–Trinajstić information content (AvgIpc) is 3.30. The van der Waals surface area contributed by atoms with Gasteiger partial charge in [0.1, 0.15) is 0 Å². The first-order valence-electron chi connectivity index (χ1n) is 10.8. The molecule has 0 unspecified atom stereocenters. The molecular weight excluding hydrogens is 374 g/mol. The van der Waals surface area contributed by atoms with Gasteiger partial charge in [-0.15, -0.1) is 0 Å². The Balaban J connectivity index is 1.70. The minimum atomic E-state index is -0.181. The average molecular weight is 408 g/mol. The lowest BCUT2D eigenvalue weighted by molar-refractivity contribution is -0.119. The Morgan fingerprint density at radius 3 is 2.27 bits per heavy atom. The number of nitrogens with two attached hydrogens (primary N) is 1. The maximum absolute atomic E-state index is 13.1. The fraction of sp³-hybridized carbons (Fsp3) is 0.440. The summed E-state index contributed by atoms with van der Waals surface area (Å²) in [5.74, 6) is 0.253. The second-order valence-corrected chi connectivity index (χ2v) is 9.06. The molecule has 0 bridgehead atoms. The smallest absolute Gasteiger partial charge is 0.254 e. The van der Waals surface area contributed by atoms with Crippen LogP contribution in [0.1, 0.15) is 55.5 Å². The van der Waals surface area contributed by atoms with Gasteiger partial charge in [-0.1, -0.05) is 57.0 Å². The van der Waals surface area contributed by atoms with E-state index in [1.54, 1.807) is 0 Å². The van der Waals surface area contributed by atoms with Gasteiger partial charge in [0.05, 0.1) is 0 Å². The zero-order chi connectivity index (χ0) is 21.6. The zero-order valence-corrected chi connectivity index (χ0v) is 18.1. The van der Waals surface area contributed by atoms with Crippen LogP contribution in [0, 0.1) is 11.3 Å². The highest BCUT2D eigenvalue weighted by Crippen LogP contribution is 2.26. The van der Waals surface area contributed by atoms with Crippen LogP contribution in [-0.2, 0) is 11.3 Å². The molecule has 0 spiro atoms. The first-order chi connectivity index (χ1) is 14.4. The van der Waals surface area contributed by atoms with Crippen molar-refractivity contribution < 1.29 is 9.59 Å². The quantitative estimate of drug-likeness (QED) is 0.679. The van der Waals surface area contributed by atoms with Crippen LogP contribution < -0.4 is 11.1 Å². The SMILES string of the molecule is CC(C)(CN)CN(Cc1ccc(NC(=O)C2CCCC2)cc1)C(=O)c1ccccc1. The molecule has 1 aliphatic carbocycles. The molecule has 0 aromatic heterocycles. The lowest BCUT2D eigenvalue weighted by Gasteiger charge is -2.32. The van der Waals surface area contributed by atoms with Gasteiger partial charge in [0, 0.05) is 30.3 Å². The van der Waals surface area contributed by atoms with Crippen LogP contribution in [0.15, 0.2) is 54.6 Å². The van der Waals surface area contributed by atoms with Crippen LogP contribution >= 0.6 is 0 Å². The van der Waals surface area contributed by atoms with Crippen molar-refractivity contribution in [3.63, 3.8) is 0 Å². The number of benzene rings is 2. The molecule has 3 rings (SSSR count). The van der Waals surface area contributed by atoms with Gasteiger partial charge in [-0.2, -0.15) is 0 Å². The fourth-order valence-corrected chi connectivity index (χ4v) is 3.89. The van der Waals surface area contributed by atoms with Gasteiger partial charge in [-0.25, -0.2) is 0 Å². The fourth-order valence-electron chi connectivity index (χ4n) is 3.89. The standard InChI is InChI=1S/C25H33N3O2/c1-25(2,17-26)18-28(24(30)21-10-4-3-5-11-21)16-19-12-14-22(15-13-19)27-23(29)20-8-6-7-9-20/h3-5,10-15,20H,6-9,16-18,26H2,1-2H3,(H,27,29). The molecule has 0 heterocycles. The summed E-state index contributed by atoms with van der Waals surface area (Å²) in [4.78, 5) is 27.3. The number of hydrogen-bond acceptors (Lipinski definition) is 3. The van der Waals surface area contributed by atoms with Crippen molar-refractivity contribution in [2.45, 2.75) is 46.1 Å². The van der Waals surface area contributed by atoms with Crippen LogP contribution in [0.25, 0.3) is 0 Å². The Labute approximate surface area is 179 Å². The molecule has 3 N–H and O–H groups in total. The summed E-state index contributed by atoms with van der Waals surface area (Å²) in [6.07, 6.45) is 4.25. The minimum Gasteiger partial charge on any atom is -0.334 e. The summed E-state index contributed by atoms with van der Waals surface area (Å²) in [6, 6.07) is 17.1. The topological polar surface area (TPSA) is 75.4 Å². The second kappa shape index (κ2) is 9.90. The lowest BCUT2D eigenvalue weighted by Crippen LogP contribution is -2.41. The molecule has 2 aromatic carbocycles. The predicted molar refractivity (Wildman–Crippen MR) is 121 cm³/mol. The molecule has 2 aromatic rings. The normalized spacial score (nSPS) is 14.5. The van der Waals surface area contributed by atoms with Crippen LogP contribution in [0.5, 0.6) is 0 Å². The highest BCUT2D eigenvalue weighted by Gasteiger charge is 2.25. The van der Waals surface area contributed by atoms with Gasteiger partial charge >= 0.3 is 0 Å². The van der Waals surface area contributed by atoms with Crippen molar-refractivity contribution >= 4 is 17.5 Å². The molecule has 1 fully saturated rings. The molecule has 0 aliphatic heterocycles. The van der Waals surface area contributed by atoms with Gasteiger partial charge in [-0.05, 0) is 54.6 Å². The molecule has 160 valence electrons. The van der Waals surface area contributed by atoms with E-state index in [2.05, 4.69) is 19.2 Å². The number of amides is 2. The van der Waals surface area contributed by atoms with Crippen molar-refractivity contribution in [1.29, 1.82) is 0 Å². The second-order valence-electron chi connectivity index (χ2n) is 9.06. The molecule has 0 saturated heterocycles. The summed E-state index contributed by atoms with van der Waals surface area (Å²) in [6.45, 7) is 5.70. The van der Waals surface area contributed by atoms with Crippen molar-refractivity contribution in [2.24, 2.45) is 17.1 Å². The Morgan fingerprint density at radius 1 is 1.03 bits per heavy atom. The van der Waals surface area contributed by atoms with Crippen molar-refractivity contribution in [2.75, 3.05) is 18.4 Å². The third kappa shape index (κ3) is 5.92. The molecular formula is C25H33N3O2. The monoisotopic (exact) mass is 407 g/mol. The van der Waals surface area contributed by atoms with E-state index >= 15 is 0 Å². The number of rotatable bonds is 8. The number of hydrogen-bond donors (Lipinski definition) is 2. The molecule has 5 heteroatoms. The highest BCUT2D eigenvalue weighted by molar-refractivity contribution is 5.94. The maximum Gasteiger partial charge on any atom is 0.254 e. The minimum absolute atomic E-state index is 0.00395. The van der Waals surface area contributed by atoms with Gasteiger partial charge in [0.2, 0.25) is 5.91 Å². The number of carbonyl (C=O) groups is 2. The Hall–Kier alpha value is -2.66. The van der Waals surface area contributed by atoms with Crippen LogP contribution in [-0.4, -0.2) is 29.8 Å². The van der Waals surface area contributed by atoms with Gasteiger partial charge in [0.15, 0.2) is 0 Å². The van der Waals surface area contributed by atoms with E-state index in [9.17, 15) is 9.59 Å².